The number of aryl methyl sites for hydroxylation is 2. The predicted molar refractivity (Wildman–Crippen MR) is 128 cm³/mol. The Hall–Kier alpha value is -3.67. The molecule has 1 heterocycles. The van der Waals surface area contributed by atoms with Crippen molar-refractivity contribution < 1.29 is 9.53 Å². The van der Waals surface area contributed by atoms with E-state index in [0.717, 1.165) is 46.6 Å². The molecular formula is C26H29N3O3. The molecular weight excluding hydrogens is 402 g/mol. The number of aromatic nitrogens is 2. The van der Waals surface area contributed by atoms with Crippen molar-refractivity contribution in [1.82, 2.24) is 14.9 Å². The maximum absolute atomic E-state index is 12.9. The van der Waals surface area contributed by atoms with Crippen LogP contribution >= 0.6 is 0 Å². The van der Waals surface area contributed by atoms with E-state index in [1.165, 1.54) is 7.11 Å². The highest BCUT2D eigenvalue weighted by Gasteiger charge is 2.13. The third-order valence-corrected chi connectivity index (χ3v) is 5.49. The number of carbonyl (C=O) groups is 1. The maximum Gasteiger partial charge on any atom is 0.411 e. The minimum absolute atomic E-state index is 0.0144. The Labute approximate surface area is 188 Å². The summed E-state index contributed by atoms with van der Waals surface area (Å²) in [6.07, 6.45) is 1.13. The Morgan fingerprint density at radius 3 is 2.47 bits per heavy atom. The molecule has 1 aromatic heterocycles. The molecule has 0 saturated carbocycles. The zero-order chi connectivity index (χ0) is 23.3. The third-order valence-electron chi connectivity index (χ3n) is 5.49. The molecule has 166 valence electrons. The molecule has 2 aromatic carbocycles. The van der Waals surface area contributed by atoms with E-state index >= 15 is 0 Å². The Kier molecular flexibility index (Phi) is 7.25. The number of benzene rings is 2. The summed E-state index contributed by atoms with van der Waals surface area (Å²) in [5.41, 5.74) is 5.71. The maximum atomic E-state index is 12.9. The van der Waals surface area contributed by atoms with Gasteiger partial charge in [-0.3, -0.25) is 14.7 Å². The summed E-state index contributed by atoms with van der Waals surface area (Å²) in [5, 5.41) is 2.63. The van der Waals surface area contributed by atoms with Gasteiger partial charge in [0.2, 0.25) is 0 Å². The second-order valence-corrected chi connectivity index (χ2v) is 7.72. The number of nitrogens with zero attached hydrogens (tertiary/aromatic N) is 2. The van der Waals surface area contributed by atoms with E-state index in [4.69, 9.17) is 0 Å². The van der Waals surface area contributed by atoms with Gasteiger partial charge >= 0.3 is 6.09 Å². The topological polar surface area (TPSA) is 73.2 Å². The molecule has 0 atom stereocenters. The molecule has 0 aliphatic rings. The Morgan fingerprint density at radius 1 is 1.12 bits per heavy atom. The number of alkyl carbamates (subject to hydrolysis) is 1. The van der Waals surface area contributed by atoms with Crippen molar-refractivity contribution in [2.24, 2.45) is 0 Å². The van der Waals surface area contributed by atoms with Gasteiger partial charge in [0, 0.05) is 28.9 Å². The third kappa shape index (κ3) is 4.97. The van der Waals surface area contributed by atoms with Crippen LogP contribution in [0.3, 0.4) is 0 Å². The molecule has 0 bridgehead atoms. The first-order chi connectivity index (χ1) is 15.3. The molecule has 0 spiro atoms. The summed E-state index contributed by atoms with van der Waals surface area (Å²) in [6, 6.07) is 15.8. The zero-order valence-electron chi connectivity index (χ0n) is 19.1. The lowest BCUT2D eigenvalue weighted by atomic mass is 9.97. The first-order valence-electron chi connectivity index (χ1n) is 10.6. The van der Waals surface area contributed by atoms with Crippen molar-refractivity contribution in [3.63, 3.8) is 0 Å². The molecule has 1 N–H and O–H groups in total. The lowest BCUT2D eigenvalue weighted by molar-refractivity contribution is 0.176. The minimum atomic E-state index is -0.560. The molecule has 3 rings (SSSR count). The fourth-order valence-electron chi connectivity index (χ4n) is 3.60. The molecule has 0 radical (unpaired) electrons. The van der Waals surface area contributed by atoms with Crippen LogP contribution in [0.5, 0.6) is 0 Å². The zero-order valence-corrected chi connectivity index (χ0v) is 19.1. The highest BCUT2D eigenvalue weighted by atomic mass is 16.5. The normalized spacial score (nSPS) is 10.6. The lowest BCUT2D eigenvalue weighted by Gasteiger charge is -2.15. The van der Waals surface area contributed by atoms with Gasteiger partial charge in [0.15, 0.2) is 0 Å². The van der Waals surface area contributed by atoms with Gasteiger partial charge < -0.3 is 4.74 Å². The van der Waals surface area contributed by atoms with Crippen LogP contribution in [-0.4, -0.2) is 22.8 Å². The molecule has 1 amide bonds. The van der Waals surface area contributed by atoms with Crippen molar-refractivity contribution in [2.45, 2.75) is 40.2 Å². The van der Waals surface area contributed by atoms with E-state index in [1.54, 1.807) is 4.57 Å². The van der Waals surface area contributed by atoms with Gasteiger partial charge in [-0.25, -0.2) is 9.78 Å². The monoisotopic (exact) mass is 431 g/mol. The van der Waals surface area contributed by atoms with Crippen molar-refractivity contribution in [2.75, 3.05) is 7.11 Å². The summed E-state index contributed by atoms with van der Waals surface area (Å²) < 4.78 is 6.44. The van der Waals surface area contributed by atoms with E-state index in [2.05, 4.69) is 28.5 Å². The van der Waals surface area contributed by atoms with Crippen LogP contribution in [0, 0.1) is 13.8 Å². The molecule has 0 aliphatic carbocycles. The van der Waals surface area contributed by atoms with Crippen molar-refractivity contribution in [3.05, 3.63) is 93.7 Å². The smallest absolute Gasteiger partial charge is 0.411 e. The number of hydrogen-bond donors (Lipinski definition) is 1. The highest BCUT2D eigenvalue weighted by molar-refractivity contribution is 5.86. The number of hydrogen-bond acceptors (Lipinski definition) is 4. The fraction of sp³-hybridized carbons (Fsp3) is 0.269. The van der Waals surface area contributed by atoms with Crippen LogP contribution in [0.1, 0.15) is 41.6 Å². The van der Waals surface area contributed by atoms with Gasteiger partial charge in [-0.15, -0.1) is 0 Å². The molecule has 6 nitrogen and oxygen atoms in total. The van der Waals surface area contributed by atoms with E-state index in [-0.39, 0.29) is 5.56 Å². The van der Waals surface area contributed by atoms with Crippen LogP contribution < -0.4 is 10.9 Å². The number of carbonyl (C=O) groups excluding carboxylic acids is 1. The SMILES string of the molecule is C=C(NC(=O)OC)c1ccccc1-c1ccc(Cn2c(CCC)nc(C)c(C)c2=O)cc1. The number of rotatable bonds is 7. The Bertz CT molecular complexity index is 1190. The van der Waals surface area contributed by atoms with Gasteiger partial charge in [0.1, 0.15) is 5.82 Å². The van der Waals surface area contributed by atoms with E-state index in [0.29, 0.717) is 17.8 Å². The Morgan fingerprint density at radius 2 is 1.81 bits per heavy atom. The first kappa shape index (κ1) is 23.0. The van der Waals surface area contributed by atoms with E-state index in [1.807, 2.05) is 62.4 Å². The summed E-state index contributed by atoms with van der Waals surface area (Å²) in [5.74, 6) is 0.820. The summed E-state index contributed by atoms with van der Waals surface area (Å²) in [6.45, 7) is 10.2. The second-order valence-electron chi connectivity index (χ2n) is 7.72. The average molecular weight is 432 g/mol. The van der Waals surface area contributed by atoms with Gasteiger partial charge in [0.25, 0.3) is 5.56 Å². The number of methoxy groups -OCH3 is 1. The standard InChI is InChI=1S/C26H29N3O3/c1-6-9-24-27-18(3)17(2)25(30)29(24)16-20-12-14-21(15-13-20)23-11-8-7-10-22(23)19(4)28-26(31)32-5/h7-8,10-15H,4,6,9,16H2,1-3,5H3,(H,28,31). The van der Waals surface area contributed by atoms with Gasteiger partial charge in [-0.05, 0) is 37.0 Å². The second kappa shape index (κ2) is 10.1. The van der Waals surface area contributed by atoms with E-state index < -0.39 is 6.09 Å². The van der Waals surface area contributed by atoms with Gasteiger partial charge in [-0.2, -0.15) is 0 Å². The van der Waals surface area contributed by atoms with Crippen molar-refractivity contribution >= 4 is 11.8 Å². The number of amides is 1. The van der Waals surface area contributed by atoms with Gasteiger partial charge in [-0.1, -0.05) is 62.0 Å². The average Bonchev–Trinajstić information content (AvgIpc) is 2.80. The lowest BCUT2D eigenvalue weighted by Crippen LogP contribution is -2.28. The molecule has 0 aliphatic heterocycles. The number of ether oxygens (including phenoxy) is 1. The first-order valence-corrected chi connectivity index (χ1v) is 10.6. The van der Waals surface area contributed by atoms with Crippen molar-refractivity contribution in [3.8, 4) is 11.1 Å². The highest BCUT2D eigenvalue weighted by Crippen LogP contribution is 2.27. The summed E-state index contributed by atoms with van der Waals surface area (Å²) in [4.78, 5) is 29.1. The Balaban J connectivity index is 1.91. The molecule has 0 fully saturated rings. The summed E-state index contributed by atoms with van der Waals surface area (Å²) in [7, 11) is 1.32. The molecule has 6 heteroatoms. The van der Waals surface area contributed by atoms with Gasteiger partial charge in [0.05, 0.1) is 13.7 Å². The predicted octanol–water partition coefficient (Wildman–Crippen LogP) is 4.85. The molecule has 0 unspecified atom stereocenters. The van der Waals surface area contributed by atoms with E-state index in [9.17, 15) is 9.59 Å². The van der Waals surface area contributed by atoms with Crippen LogP contribution in [0.2, 0.25) is 0 Å². The van der Waals surface area contributed by atoms with Crippen LogP contribution in [0.4, 0.5) is 4.79 Å². The fourth-order valence-corrected chi connectivity index (χ4v) is 3.60. The van der Waals surface area contributed by atoms with Crippen LogP contribution in [0.25, 0.3) is 16.8 Å². The molecule has 3 aromatic rings. The van der Waals surface area contributed by atoms with Crippen LogP contribution in [0.15, 0.2) is 59.9 Å². The largest absolute Gasteiger partial charge is 0.453 e. The molecule has 0 saturated heterocycles. The van der Waals surface area contributed by atoms with Crippen LogP contribution in [-0.2, 0) is 17.7 Å². The van der Waals surface area contributed by atoms with Crippen molar-refractivity contribution in [1.29, 1.82) is 0 Å². The number of nitrogens with one attached hydrogen (secondary N) is 1. The minimum Gasteiger partial charge on any atom is -0.453 e. The summed E-state index contributed by atoms with van der Waals surface area (Å²) >= 11 is 0. The molecule has 32 heavy (non-hydrogen) atoms. The quantitative estimate of drug-likeness (QED) is 0.580.